The molecule has 1 aliphatic rings. The van der Waals surface area contributed by atoms with E-state index in [-0.39, 0.29) is 6.01 Å². The van der Waals surface area contributed by atoms with E-state index in [1.54, 1.807) is 0 Å². The standard InChI is InChI=1S/C11H11N3O/c12-11-13-10(14-15-11)9-5-7-3-1-2-4-8(7)6-9/h1-4,9H,5-6H2,(H2,12,13,14). The number of nitrogens with zero attached hydrogens (tertiary/aromatic N) is 2. The summed E-state index contributed by atoms with van der Waals surface area (Å²) in [5.74, 6) is 1.05. The molecule has 0 bridgehead atoms. The highest BCUT2D eigenvalue weighted by Gasteiger charge is 2.26. The number of aromatic nitrogens is 2. The van der Waals surface area contributed by atoms with Crippen molar-refractivity contribution in [1.82, 2.24) is 10.1 Å². The molecule has 3 rings (SSSR count). The zero-order valence-electron chi connectivity index (χ0n) is 8.18. The Bertz CT molecular complexity index is 467. The van der Waals surface area contributed by atoms with Gasteiger partial charge < -0.3 is 10.3 Å². The molecule has 76 valence electrons. The van der Waals surface area contributed by atoms with E-state index in [1.165, 1.54) is 11.1 Å². The fourth-order valence-electron chi connectivity index (χ4n) is 2.15. The third-order valence-electron chi connectivity index (χ3n) is 2.87. The summed E-state index contributed by atoms with van der Waals surface area (Å²) in [7, 11) is 0. The number of nitrogen functional groups attached to an aromatic ring is 1. The van der Waals surface area contributed by atoms with Crippen LogP contribution in [0.15, 0.2) is 28.8 Å². The van der Waals surface area contributed by atoms with Crippen molar-refractivity contribution in [2.75, 3.05) is 5.73 Å². The summed E-state index contributed by atoms with van der Waals surface area (Å²) in [6.45, 7) is 0. The Balaban J connectivity index is 1.90. The van der Waals surface area contributed by atoms with Gasteiger partial charge in [-0.2, -0.15) is 4.98 Å². The van der Waals surface area contributed by atoms with Gasteiger partial charge in [-0.25, -0.2) is 0 Å². The van der Waals surface area contributed by atoms with Gasteiger partial charge in [0.25, 0.3) is 0 Å². The summed E-state index contributed by atoms with van der Waals surface area (Å²) in [6, 6.07) is 8.58. The van der Waals surface area contributed by atoms with Gasteiger partial charge in [-0.1, -0.05) is 29.4 Å². The summed E-state index contributed by atoms with van der Waals surface area (Å²) in [5, 5.41) is 3.87. The van der Waals surface area contributed by atoms with Crippen LogP contribution in [0.3, 0.4) is 0 Å². The molecule has 2 aromatic rings. The number of hydrogen-bond acceptors (Lipinski definition) is 4. The Labute approximate surface area is 87.1 Å². The molecule has 1 aromatic carbocycles. The minimum absolute atomic E-state index is 0.154. The molecule has 15 heavy (non-hydrogen) atoms. The van der Waals surface area contributed by atoms with Crippen LogP contribution in [0.1, 0.15) is 22.9 Å². The normalized spacial score (nSPS) is 15.5. The Morgan fingerprint density at radius 2 is 1.87 bits per heavy atom. The van der Waals surface area contributed by atoms with Crippen LogP contribution in [0.2, 0.25) is 0 Å². The lowest BCUT2D eigenvalue weighted by Crippen LogP contribution is -2.00. The van der Waals surface area contributed by atoms with Crippen LogP contribution in [0, 0.1) is 0 Å². The molecule has 0 aliphatic heterocycles. The molecule has 1 aromatic heterocycles. The highest BCUT2D eigenvalue weighted by Crippen LogP contribution is 2.32. The number of hydrogen-bond donors (Lipinski definition) is 1. The number of benzene rings is 1. The molecule has 1 aliphatic carbocycles. The Morgan fingerprint density at radius 3 is 2.40 bits per heavy atom. The lowest BCUT2D eigenvalue weighted by atomic mass is 10.1. The molecule has 2 N–H and O–H groups in total. The molecule has 4 heteroatoms. The first-order valence-corrected chi connectivity index (χ1v) is 4.99. The Hall–Kier alpha value is -1.84. The first kappa shape index (κ1) is 8.47. The van der Waals surface area contributed by atoms with Crippen molar-refractivity contribution in [2.45, 2.75) is 18.8 Å². The second kappa shape index (κ2) is 3.08. The predicted octanol–water partition coefficient (Wildman–Crippen LogP) is 1.53. The predicted molar refractivity (Wildman–Crippen MR) is 55.3 cm³/mol. The van der Waals surface area contributed by atoms with Crippen LogP contribution in [0.4, 0.5) is 6.01 Å². The molecule has 0 saturated heterocycles. The van der Waals surface area contributed by atoms with E-state index >= 15 is 0 Å². The zero-order chi connectivity index (χ0) is 10.3. The first-order valence-electron chi connectivity index (χ1n) is 4.99. The number of anilines is 1. The SMILES string of the molecule is Nc1nc(C2Cc3ccccc3C2)no1. The molecule has 0 amide bonds. The fourth-order valence-corrected chi connectivity index (χ4v) is 2.15. The van der Waals surface area contributed by atoms with Gasteiger partial charge in [0.15, 0.2) is 5.82 Å². The van der Waals surface area contributed by atoms with E-state index in [4.69, 9.17) is 10.3 Å². The maximum absolute atomic E-state index is 5.41. The Kier molecular flexibility index (Phi) is 1.74. The molecule has 0 atom stereocenters. The highest BCUT2D eigenvalue weighted by atomic mass is 16.5. The molecular weight excluding hydrogens is 190 g/mol. The van der Waals surface area contributed by atoms with Crippen molar-refractivity contribution < 1.29 is 4.52 Å². The number of nitrogens with two attached hydrogens (primary N) is 1. The van der Waals surface area contributed by atoms with Crippen molar-refractivity contribution >= 4 is 6.01 Å². The van der Waals surface area contributed by atoms with Gasteiger partial charge in [0.05, 0.1) is 0 Å². The maximum Gasteiger partial charge on any atom is 0.318 e. The molecule has 1 heterocycles. The summed E-state index contributed by atoms with van der Waals surface area (Å²) in [6.07, 6.45) is 1.96. The van der Waals surface area contributed by atoms with Crippen molar-refractivity contribution in [2.24, 2.45) is 0 Å². The van der Waals surface area contributed by atoms with Crippen molar-refractivity contribution in [3.63, 3.8) is 0 Å². The molecule has 0 spiro atoms. The number of rotatable bonds is 1. The van der Waals surface area contributed by atoms with Gasteiger partial charge in [0.2, 0.25) is 0 Å². The molecule has 0 saturated carbocycles. The molecule has 0 radical (unpaired) electrons. The van der Waals surface area contributed by atoms with E-state index in [1.807, 2.05) is 0 Å². The molecule has 4 nitrogen and oxygen atoms in total. The maximum atomic E-state index is 5.41. The van der Waals surface area contributed by atoms with Crippen LogP contribution in [0.5, 0.6) is 0 Å². The first-order chi connectivity index (χ1) is 7.33. The van der Waals surface area contributed by atoms with E-state index in [2.05, 4.69) is 34.4 Å². The highest BCUT2D eigenvalue weighted by molar-refractivity contribution is 5.35. The monoisotopic (exact) mass is 201 g/mol. The van der Waals surface area contributed by atoms with Crippen molar-refractivity contribution in [1.29, 1.82) is 0 Å². The summed E-state index contributed by atoms with van der Waals surface area (Å²) in [4.78, 5) is 4.08. The summed E-state index contributed by atoms with van der Waals surface area (Å²) < 4.78 is 4.79. The Morgan fingerprint density at radius 1 is 1.20 bits per heavy atom. The lowest BCUT2D eigenvalue weighted by molar-refractivity contribution is 0.420. The van der Waals surface area contributed by atoms with Gasteiger partial charge in [-0.05, 0) is 24.0 Å². The number of fused-ring (bicyclic) bond motifs is 1. The van der Waals surface area contributed by atoms with Gasteiger partial charge in [0.1, 0.15) is 0 Å². The van der Waals surface area contributed by atoms with Crippen molar-refractivity contribution in [3.8, 4) is 0 Å². The van der Waals surface area contributed by atoms with Crippen LogP contribution in [-0.4, -0.2) is 10.1 Å². The lowest BCUT2D eigenvalue weighted by Gasteiger charge is -2.00. The summed E-state index contributed by atoms with van der Waals surface area (Å²) >= 11 is 0. The van der Waals surface area contributed by atoms with Crippen LogP contribution in [-0.2, 0) is 12.8 Å². The second-order valence-corrected chi connectivity index (χ2v) is 3.86. The van der Waals surface area contributed by atoms with E-state index in [9.17, 15) is 0 Å². The third kappa shape index (κ3) is 1.38. The second-order valence-electron chi connectivity index (χ2n) is 3.86. The molecule has 0 fully saturated rings. The van der Waals surface area contributed by atoms with Gasteiger partial charge in [-0.15, -0.1) is 0 Å². The van der Waals surface area contributed by atoms with E-state index in [0.717, 1.165) is 18.7 Å². The average Bonchev–Trinajstić information content (AvgIpc) is 2.82. The fraction of sp³-hybridized carbons (Fsp3) is 0.273. The largest absolute Gasteiger partial charge is 0.351 e. The molecular formula is C11H11N3O. The van der Waals surface area contributed by atoms with Crippen LogP contribution in [0.25, 0.3) is 0 Å². The molecule has 0 unspecified atom stereocenters. The van der Waals surface area contributed by atoms with Crippen LogP contribution >= 0.6 is 0 Å². The smallest absolute Gasteiger partial charge is 0.318 e. The average molecular weight is 201 g/mol. The van der Waals surface area contributed by atoms with Gasteiger partial charge >= 0.3 is 6.01 Å². The zero-order valence-corrected chi connectivity index (χ0v) is 8.18. The van der Waals surface area contributed by atoms with Crippen LogP contribution < -0.4 is 5.73 Å². The third-order valence-corrected chi connectivity index (χ3v) is 2.87. The quantitative estimate of drug-likeness (QED) is 0.760. The minimum Gasteiger partial charge on any atom is -0.351 e. The van der Waals surface area contributed by atoms with Gasteiger partial charge in [-0.3, -0.25) is 0 Å². The summed E-state index contributed by atoms with van der Waals surface area (Å²) in [5.41, 5.74) is 8.17. The topological polar surface area (TPSA) is 64.9 Å². The minimum atomic E-state index is 0.154. The van der Waals surface area contributed by atoms with Crippen molar-refractivity contribution in [3.05, 3.63) is 41.2 Å². The van der Waals surface area contributed by atoms with E-state index < -0.39 is 0 Å². The van der Waals surface area contributed by atoms with E-state index in [0.29, 0.717) is 5.92 Å². The van der Waals surface area contributed by atoms with Gasteiger partial charge in [0, 0.05) is 5.92 Å².